The second-order valence-corrected chi connectivity index (χ2v) is 4.30. The fraction of sp³-hybridized carbons (Fsp3) is 0.400. The molecule has 0 bridgehead atoms. The lowest BCUT2D eigenvalue weighted by Crippen LogP contribution is -2.39. The molecule has 1 rings (SSSR count). The molecule has 0 saturated heterocycles. The molecule has 0 saturated carbocycles. The summed E-state index contributed by atoms with van der Waals surface area (Å²) in [4.78, 5) is 14.1. The number of nitrogens with one attached hydrogen (secondary N) is 1. The van der Waals surface area contributed by atoms with E-state index in [0.717, 1.165) is 0 Å². The molecule has 7 nitrogen and oxygen atoms in total. The first kappa shape index (κ1) is 12.9. The number of nitrogens with zero attached hydrogens (tertiary/aromatic N) is 3. The van der Waals surface area contributed by atoms with Crippen LogP contribution < -0.4 is 11.1 Å². The summed E-state index contributed by atoms with van der Waals surface area (Å²) in [6.07, 6.45) is 1.28. The van der Waals surface area contributed by atoms with Gasteiger partial charge in [0.25, 0.3) is 0 Å². The maximum absolute atomic E-state index is 10.8. The van der Waals surface area contributed by atoms with Crippen molar-refractivity contribution >= 4 is 11.5 Å². The molecular formula is C10H13N5O2. The van der Waals surface area contributed by atoms with E-state index in [1.54, 1.807) is 19.9 Å². The van der Waals surface area contributed by atoms with Crippen LogP contribution in [0.2, 0.25) is 0 Å². The quantitative estimate of drug-likeness (QED) is 0.594. The number of nitrogens with two attached hydrogens (primary N) is 1. The number of rotatable bonds is 4. The first-order valence-corrected chi connectivity index (χ1v) is 4.91. The van der Waals surface area contributed by atoms with Crippen molar-refractivity contribution in [3.05, 3.63) is 27.9 Å². The van der Waals surface area contributed by atoms with Crippen molar-refractivity contribution in [3.63, 3.8) is 0 Å². The molecule has 0 aliphatic heterocycles. The molecule has 3 N–H and O–H groups in total. The minimum atomic E-state index is -0.584. The largest absolute Gasteiger partial charge is 0.363 e. The second kappa shape index (κ2) is 4.76. The van der Waals surface area contributed by atoms with Crippen molar-refractivity contribution in [1.82, 2.24) is 4.98 Å². The molecule has 0 radical (unpaired) electrons. The summed E-state index contributed by atoms with van der Waals surface area (Å²) in [5, 5.41) is 22.2. The zero-order valence-corrected chi connectivity index (χ0v) is 9.60. The van der Waals surface area contributed by atoms with E-state index in [-0.39, 0.29) is 17.1 Å². The van der Waals surface area contributed by atoms with Crippen LogP contribution in [0.25, 0.3) is 0 Å². The van der Waals surface area contributed by atoms with Gasteiger partial charge in [-0.2, -0.15) is 5.26 Å². The van der Waals surface area contributed by atoms with E-state index in [4.69, 9.17) is 11.0 Å². The Balaban J connectivity index is 3.00. The molecule has 1 aromatic rings. The van der Waals surface area contributed by atoms with Gasteiger partial charge in [-0.1, -0.05) is 0 Å². The van der Waals surface area contributed by atoms with Crippen LogP contribution in [0.5, 0.6) is 0 Å². The highest BCUT2D eigenvalue weighted by molar-refractivity contribution is 5.58. The number of hydrogen-bond acceptors (Lipinski definition) is 6. The predicted octanol–water partition coefficient (Wildman–Crippen LogP) is 1.01. The Morgan fingerprint density at radius 2 is 2.35 bits per heavy atom. The van der Waals surface area contributed by atoms with Gasteiger partial charge in [-0.25, -0.2) is 4.98 Å². The van der Waals surface area contributed by atoms with E-state index < -0.39 is 10.5 Å². The summed E-state index contributed by atoms with van der Waals surface area (Å²) in [5.41, 5.74) is 5.16. The summed E-state index contributed by atoms with van der Waals surface area (Å²) in [7, 11) is 0. The number of pyridine rings is 1. The minimum Gasteiger partial charge on any atom is -0.363 e. The summed E-state index contributed by atoms with van der Waals surface area (Å²) in [6.45, 7) is 3.91. The highest BCUT2D eigenvalue weighted by Gasteiger charge is 2.18. The van der Waals surface area contributed by atoms with Crippen LogP contribution in [-0.4, -0.2) is 22.0 Å². The van der Waals surface area contributed by atoms with Crippen LogP contribution >= 0.6 is 0 Å². The van der Waals surface area contributed by atoms with Crippen LogP contribution in [0.1, 0.15) is 19.4 Å². The van der Waals surface area contributed by atoms with E-state index in [2.05, 4.69) is 10.3 Å². The summed E-state index contributed by atoms with van der Waals surface area (Å²) in [6, 6.07) is 2.98. The first-order valence-electron chi connectivity index (χ1n) is 4.91. The zero-order chi connectivity index (χ0) is 13.1. The molecule has 0 aliphatic carbocycles. The highest BCUT2D eigenvalue weighted by atomic mass is 16.6. The molecule has 0 amide bonds. The summed E-state index contributed by atoms with van der Waals surface area (Å²) in [5.74, 6) is 0.118. The van der Waals surface area contributed by atoms with Gasteiger partial charge in [-0.3, -0.25) is 10.1 Å². The molecule has 1 aromatic heterocycles. The van der Waals surface area contributed by atoms with Crippen LogP contribution in [0, 0.1) is 21.4 Å². The smallest absolute Gasteiger partial charge is 0.312 e. The van der Waals surface area contributed by atoms with E-state index in [1.807, 2.05) is 0 Å². The van der Waals surface area contributed by atoms with Gasteiger partial charge in [-0.05, 0) is 13.8 Å². The van der Waals surface area contributed by atoms with Crippen LogP contribution in [0.4, 0.5) is 11.5 Å². The SMILES string of the molecule is CC(C)(N)CNc1ncc(C#N)cc1[N+](=O)[O-]. The lowest BCUT2D eigenvalue weighted by atomic mass is 10.1. The van der Waals surface area contributed by atoms with Crippen molar-refractivity contribution < 1.29 is 4.92 Å². The van der Waals surface area contributed by atoms with Crippen molar-refractivity contribution in [3.8, 4) is 6.07 Å². The molecule has 0 aromatic carbocycles. The van der Waals surface area contributed by atoms with Gasteiger partial charge in [-0.15, -0.1) is 0 Å². The van der Waals surface area contributed by atoms with Crippen LogP contribution in [0.3, 0.4) is 0 Å². The number of aromatic nitrogens is 1. The Labute approximate surface area is 98.4 Å². The van der Waals surface area contributed by atoms with Gasteiger partial charge >= 0.3 is 5.69 Å². The molecule has 0 atom stereocenters. The number of nitriles is 1. The number of hydrogen-bond donors (Lipinski definition) is 2. The van der Waals surface area contributed by atoms with Crippen molar-refractivity contribution in [2.45, 2.75) is 19.4 Å². The lowest BCUT2D eigenvalue weighted by Gasteiger charge is -2.19. The Morgan fingerprint density at radius 3 is 2.82 bits per heavy atom. The third kappa shape index (κ3) is 3.70. The Bertz CT molecular complexity index is 473. The maximum atomic E-state index is 10.8. The Kier molecular flexibility index (Phi) is 3.60. The molecule has 0 spiro atoms. The molecule has 7 heteroatoms. The van der Waals surface area contributed by atoms with Gasteiger partial charge in [0.2, 0.25) is 5.82 Å². The third-order valence-corrected chi connectivity index (χ3v) is 1.90. The van der Waals surface area contributed by atoms with E-state index >= 15 is 0 Å². The molecule has 1 heterocycles. The zero-order valence-electron chi connectivity index (χ0n) is 9.60. The van der Waals surface area contributed by atoms with Gasteiger partial charge in [0.15, 0.2) is 0 Å². The van der Waals surface area contributed by atoms with Crippen LogP contribution in [-0.2, 0) is 0 Å². The molecule has 0 unspecified atom stereocenters. The predicted molar refractivity (Wildman–Crippen MR) is 62.4 cm³/mol. The first-order chi connectivity index (χ1) is 7.83. The minimum absolute atomic E-state index is 0.118. The van der Waals surface area contributed by atoms with Crippen molar-refractivity contribution in [2.24, 2.45) is 5.73 Å². The monoisotopic (exact) mass is 235 g/mol. The average molecular weight is 235 g/mol. The van der Waals surface area contributed by atoms with E-state index in [0.29, 0.717) is 6.54 Å². The van der Waals surface area contributed by atoms with E-state index in [9.17, 15) is 10.1 Å². The second-order valence-electron chi connectivity index (χ2n) is 4.30. The number of nitro groups is 1. The normalized spacial score (nSPS) is 10.7. The number of anilines is 1. The fourth-order valence-corrected chi connectivity index (χ4v) is 1.10. The van der Waals surface area contributed by atoms with E-state index in [1.165, 1.54) is 12.3 Å². The molecule has 0 aliphatic rings. The van der Waals surface area contributed by atoms with Gasteiger partial charge in [0.1, 0.15) is 6.07 Å². The standard InChI is InChI=1S/C10H13N5O2/c1-10(2,12)6-14-9-8(15(16)17)3-7(4-11)5-13-9/h3,5H,6,12H2,1-2H3,(H,13,14). The molecule has 17 heavy (non-hydrogen) atoms. The lowest BCUT2D eigenvalue weighted by molar-refractivity contribution is -0.384. The fourth-order valence-electron chi connectivity index (χ4n) is 1.10. The molecule has 90 valence electrons. The highest BCUT2D eigenvalue weighted by Crippen LogP contribution is 2.22. The third-order valence-electron chi connectivity index (χ3n) is 1.90. The summed E-state index contributed by atoms with van der Waals surface area (Å²) < 4.78 is 0. The van der Waals surface area contributed by atoms with Crippen molar-refractivity contribution in [2.75, 3.05) is 11.9 Å². The van der Waals surface area contributed by atoms with Crippen LogP contribution in [0.15, 0.2) is 12.3 Å². The topological polar surface area (TPSA) is 118 Å². The Morgan fingerprint density at radius 1 is 1.71 bits per heavy atom. The van der Waals surface area contributed by atoms with Gasteiger partial charge in [0.05, 0.1) is 10.5 Å². The van der Waals surface area contributed by atoms with Gasteiger partial charge < -0.3 is 11.1 Å². The van der Waals surface area contributed by atoms with Gasteiger partial charge in [0, 0.05) is 24.3 Å². The van der Waals surface area contributed by atoms with Crippen molar-refractivity contribution in [1.29, 1.82) is 5.26 Å². The molecular weight excluding hydrogens is 222 g/mol. The average Bonchev–Trinajstić information content (AvgIpc) is 2.25. The maximum Gasteiger partial charge on any atom is 0.312 e. The Hall–Kier alpha value is -2.20. The summed E-state index contributed by atoms with van der Waals surface area (Å²) >= 11 is 0. The molecule has 0 fully saturated rings.